The molecule has 0 spiro atoms. The van der Waals surface area contributed by atoms with Gasteiger partial charge < -0.3 is 9.64 Å². The number of fused-ring (bicyclic) bond motifs is 2. The van der Waals surface area contributed by atoms with Gasteiger partial charge in [0, 0.05) is 29.4 Å². The standard InChI is InChI=1S/C28H25F3N2O/c1-16(17-4-7-21(29)8-5-17)27(33(2)3)28-22-9-6-18(10-20(22)15-34-28)24-14-32-13-19-11-25(30)26(31)12-23(19)24/h4-14,16,27-28H,15H2,1-3H3. The van der Waals surface area contributed by atoms with Crippen molar-refractivity contribution in [2.75, 3.05) is 14.1 Å². The minimum atomic E-state index is -0.887. The van der Waals surface area contributed by atoms with E-state index >= 15 is 0 Å². The Bertz CT molecular complexity index is 1350. The molecular formula is C28H25F3N2O. The van der Waals surface area contributed by atoms with Gasteiger partial charge in [-0.25, -0.2) is 13.2 Å². The molecule has 0 saturated heterocycles. The number of rotatable bonds is 5. The lowest BCUT2D eigenvalue weighted by molar-refractivity contribution is -0.0000191. The maximum Gasteiger partial charge on any atom is 0.159 e. The minimum Gasteiger partial charge on any atom is -0.367 e. The van der Waals surface area contributed by atoms with Crippen molar-refractivity contribution in [3.05, 3.63) is 101 Å². The van der Waals surface area contributed by atoms with Crippen LogP contribution in [0.15, 0.2) is 67.0 Å². The largest absolute Gasteiger partial charge is 0.367 e. The smallest absolute Gasteiger partial charge is 0.159 e. The molecule has 2 heterocycles. The molecule has 0 bridgehead atoms. The Morgan fingerprint density at radius 2 is 1.68 bits per heavy atom. The fourth-order valence-corrected chi connectivity index (χ4v) is 5.07. The van der Waals surface area contributed by atoms with E-state index in [1.54, 1.807) is 6.20 Å². The molecule has 5 rings (SSSR count). The first-order valence-corrected chi connectivity index (χ1v) is 11.2. The summed E-state index contributed by atoms with van der Waals surface area (Å²) in [5.41, 5.74) is 4.82. The minimum absolute atomic E-state index is 0.0360. The third kappa shape index (κ3) is 3.97. The van der Waals surface area contributed by atoms with Crippen LogP contribution in [0.3, 0.4) is 0 Å². The molecule has 1 aromatic heterocycles. The van der Waals surface area contributed by atoms with E-state index in [9.17, 15) is 13.2 Å². The number of hydrogen-bond acceptors (Lipinski definition) is 3. The highest BCUT2D eigenvalue weighted by Gasteiger charge is 2.36. The maximum absolute atomic E-state index is 14.0. The van der Waals surface area contributed by atoms with Gasteiger partial charge in [0.05, 0.1) is 12.7 Å². The van der Waals surface area contributed by atoms with Crippen molar-refractivity contribution < 1.29 is 17.9 Å². The molecule has 0 N–H and O–H groups in total. The van der Waals surface area contributed by atoms with Crippen molar-refractivity contribution in [2.24, 2.45) is 0 Å². The summed E-state index contributed by atoms with van der Waals surface area (Å²) in [6.07, 6.45) is 3.05. The molecule has 3 atom stereocenters. The van der Waals surface area contributed by atoms with Gasteiger partial charge in [-0.3, -0.25) is 4.98 Å². The first-order chi connectivity index (χ1) is 16.3. The van der Waals surface area contributed by atoms with Gasteiger partial charge in [-0.2, -0.15) is 0 Å². The number of hydrogen-bond donors (Lipinski definition) is 0. The predicted molar refractivity (Wildman–Crippen MR) is 127 cm³/mol. The first-order valence-electron chi connectivity index (χ1n) is 11.2. The van der Waals surface area contributed by atoms with Crippen LogP contribution in [-0.2, 0) is 11.3 Å². The molecular weight excluding hydrogens is 437 g/mol. The summed E-state index contributed by atoms with van der Waals surface area (Å²) in [6, 6.07) is 15.1. The molecule has 1 aliphatic rings. The van der Waals surface area contributed by atoms with Gasteiger partial charge in [-0.1, -0.05) is 31.2 Å². The van der Waals surface area contributed by atoms with E-state index < -0.39 is 11.6 Å². The third-order valence-electron chi connectivity index (χ3n) is 6.79. The second-order valence-electron chi connectivity index (χ2n) is 9.11. The van der Waals surface area contributed by atoms with Gasteiger partial charge in [0.15, 0.2) is 11.6 Å². The fourth-order valence-electron chi connectivity index (χ4n) is 5.07. The van der Waals surface area contributed by atoms with Crippen LogP contribution in [0.1, 0.15) is 35.6 Å². The van der Waals surface area contributed by atoms with Crippen LogP contribution in [0.5, 0.6) is 0 Å². The average Bonchev–Trinajstić information content (AvgIpc) is 3.22. The Hall–Kier alpha value is -3.22. The van der Waals surface area contributed by atoms with Crippen LogP contribution >= 0.6 is 0 Å². The third-order valence-corrected chi connectivity index (χ3v) is 6.79. The first kappa shape index (κ1) is 22.6. The Labute approximate surface area is 196 Å². The lowest BCUT2D eigenvalue weighted by atomic mass is 9.85. The number of pyridine rings is 1. The van der Waals surface area contributed by atoms with Crippen molar-refractivity contribution in [1.82, 2.24) is 9.88 Å². The molecule has 4 aromatic rings. The monoisotopic (exact) mass is 462 g/mol. The summed E-state index contributed by atoms with van der Waals surface area (Å²) in [6.45, 7) is 2.58. The van der Waals surface area contributed by atoms with Crippen LogP contribution in [0.4, 0.5) is 13.2 Å². The van der Waals surface area contributed by atoms with Crippen LogP contribution in [-0.4, -0.2) is 30.0 Å². The van der Waals surface area contributed by atoms with Crippen molar-refractivity contribution in [3.63, 3.8) is 0 Å². The molecule has 1 aliphatic heterocycles. The Morgan fingerprint density at radius 3 is 2.41 bits per heavy atom. The second kappa shape index (κ2) is 8.85. The average molecular weight is 463 g/mol. The normalized spacial score (nSPS) is 17.2. The highest BCUT2D eigenvalue weighted by molar-refractivity contribution is 5.96. The Morgan fingerprint density at radius 1 is 0.941 bits per heavy atom. The molecule has 0 fully saturated rings. The van der Waals surface area contributed by atoms with Crippen molar-refractivity contribution >= 4 is 10.8 Å². The van der Waals surface area contributed by atoms with Crippen molar-refractivity contribution in [3.8, 4) is 11.1 Å². The number of benzene rings is 3. The second-order valence-corrected chi connectivity index (χ2v) is 9.11. The van der Waals surface area contributed by atoms with E-state index in [1.165, 1.54) is 30.5 Å². The van der Waals surface area contributed by atoms with Gasteiger partial charge in [-0.15, -0.1) is 0 Å². The van der Waals surface area contributed by atoms with Gasteiger partial charge >= 0.3 is 0 Å². The quantitative estimate of drug-likeness (QED) is 0.333. The lowest BCUT2D eigenvalue weighted by Gasteiger charge is -2.35. The van der Waals surface area contributed by atoms with Gasteiger partial charge in [0.1, 0.15) is 5.82 Å². The van der Waals surface area contributed by atoms with E-state index in [0.717, 1.165) is 27.8 Å². The number of ether oxygens (including phenoxy) is 1. The van der Waals surface area contributed by atoms with E-state index in [1.807, 2.05) is 38.4 Å². The SMILES string of the molecule is CC(c1ccc(F)cc1)C(C1OCc2cc(-c3cncc4cc(F)c(F)cc34)ccc21)N(C)C. The highest BCUT2D eigenvalue weighted by Crippen LogP contribution is 2.42. The number of likely N-dealkylation sites (N-methyl/N-ethyl adjacent to an activating group) is 1. The topological polar surface area (TPSA) is 25.4 Å². The van der Waals surface area contributed by atoms with E-state index in [2.05, 4.69) is 22.9 Å². The van der Waals surface area contributed by atoms with E-state index in [-0.39, 0.29) is 23.9 Å². The number of aromatic nitrogens is 1. The molecule has 3 unspecified atom stereocenters. The lowest BCUT2D eigenvalue weighted by Crippen LogP contribution is -2.38. The van der Waals surface area contributed by atoms with Crippen LogP contribution in [0, 0.1) is 17.5 Å². The molecule has 0 saturated carbocycles. The fraction of sp³-hybridized carbons (Fsp3) is 0.250. The summed E-state index contributed by atoms with van der Waals surface area (Å²) in [7, 11) is 4.05. The van der Waals surface area contributed by atoms with Gasteiger partial charge in [-0.05, 0) is 78.0 Å². The summed E-state index contributed by atoms with van der Waals surface area (Å²) in [5, 5.41) is 1.16. The van der Waals surface area contributed by atoms with E-state index in [0.29, 0.717) is 17.4 Å². The maximum atomic E-state index is 14.0. The molecule has 34 heavy (non-hydrogen) atoms. The summed E-state index contributed by atoms with van der Waals surface area (Å²) in [4.78, 5) is 6.38. The molecule has 3 nitrogen and oxygen atoms in total. The molecule has 0 aliphatic carbocycles. The van der Waals surface area contributed by atoms with Crippen LogP contribution < -0.4 is 0 Å². The number of nitrogens with zero attached hydrogens (tertiary/aromatic N) is 2. The zero-order valence-corrected chi connectivity index (χ0v) is 19.2. The number of halogens is 3. The molecule has 3 aromatic carbocycles. The van der Waals surface area contributed by atoms with Crippen LogP contribution in [0.2, 0.25) is 0 Å². The summed E-state index contributed by atoms with van der Waals surface area (Å²) >= 11 is 0. The molecule has 0 amide bonds. The highest BCUT2D eigenvalue weighted by atomic mass is 19.2. The van der Waals surface area contributed by atoms with Crippen LogP contribution in [0.25, 0.3) is 21.9 Å². The zero-order valence-electron chi connectivity index (χ0n) is 19.2. The molecule has 174 valence electrons. The Balaban J connectivity index is 1.51. The summed E-state index contributed by atoms with van der Waals surface area (Å²) < 4.78 is 47.4. The Kier molecular flexibility index (Phi) is 5.88. The van der Waals surface area contributed by atoms with Crippen molar-refractivity contribution in [2.45, 2.75) is 31.6 Å². The zero-order chi connectivity index (χ0) is 24.0. The summed E-state index contributed by atoms with van der Waals surface area (Å²) in [5.74, 6) is -1.92. The predicted octanol–water partition coefficient (Wildman–Crippen LogP) is 6.62. The van der Waals surface area contributed by atoms with Gasteiger partial charge in [0.2, 0.25) is 0 Å². The van der Waals surface area contributed by atoms with E-state index in [4.69, 9.17) is 4.74 Å². The molecule has 0 radical (unpaired) electrons. The van der Waals surface area contributed by atoms with Crippen molar-refractivity contribution in [1.29, 1.82) is 0 Å². The van der Waals surface area contributed by atoms with Gasteiger partial charge in [0.25, 0.3) is 0 Å². The molecule has 6 heteroatoms.